The Kier molecular flexibility index (Phi) is 2.81. The summed E-state index contributed by atoms with van der Waals surface area (Å²) in [5.74, 6) is 0.592. The lowest BCUT2D eigenvalue weighted by atomic mass is 10.1. The first-order chi connectivity index (χ1) is 10.2. The molecule has 0 radical (unpaired) electrons. The van der Waals surface area contributed by atoms with Crippen LogP contribution in [0.1, 0.15) is 12.8 Å². The molecule has 2 aliphatic rings. The van der Waals surface area contributed by atoms with Crippen molar-refractivity contribution in [1.82, 2.24) is 14.3 Å². The van der Waals surface area contributed by atoms with E-state index in [0.29, 0.717) is 17.5 Å². The molecule has 7 heteroatoms. The zero-order valence-corrected chi connectivity index (χ0v) is 11.7. The molecule has 7 nitrogen and oxygen atoms in total. The number of nitrogens with zero attached hydrogens (tertiary/aromatic N) is 5. The van der Waals surface area contributed by atoms with Crippen molar-refractivity contribution in [1.29, 1.82) is 0 Å². The number of hydrogen-bond acceptors (Lipinski definition) is 5. The molecule has 0 aliphatic carbocycles. The molecule has 0 aromatic carbocycles. The Balaban J connectivity index is 1.75. The van der Waals surface area contributed by atoms with E-state index in [1.807, 2.05) is 12.1 Å². The highest BCUT2D eigenvalue weighted by molar-refractivity contribution is 5.63. The van der Waals surface area contributed by atoms with Crippen LogP contribution in [0.4, 0.5) is 11.6 Å². The van der Waals surface area contributed by atoms with Crippen molar-refractivity contribution in [3.8, 4) is 0 Å². The normalized spacial score (nSPS) is 22.7. The summed E-state index contributed by atoms with van der Waals surface area (Å²) in [5.41, 5.74) is 0.632. The van der Waals surface area contributed by atoms with Crippen molar-refractivity contribution in [2.45, 2.75) is 18.9 Å². The Hall–Kier alpha value is -2.15. The Labute approximate surface area is 121 Å². The summed E-state index contributed by atoms with van der Waals surface area (Å²) in [6, 6.07) is 5.97. The van der Waals surface area contributed by atoms with Crippen molar-refractivity contribution >= 4 is 17.3 Å². The van der Waals surface area contributed by atoms with E-state index < -0.39 is 0 Å². The Morgan fingerprint density at radius 1 is 1.29 bits per heavy atom. The molecule has 2 aromatic heterocycles. The van der Waals surface area contributed by atoms with E-state index in [9.17, 15) is 10.1 Å². The van der Waals surface area contributed by atoms with Gasteiger partial charge in [0.05, 0.1) is 6.20 Å². The molecule has 0 unspecified atom stereocenters. The number of imidazole rings is 1. The minimum atomic E-state index is -0.323. The van der Waals surface area contributed by atoms with Gasteiger partial charge in [0.1, 0.15) is 0 Å². The standard InChI is InChI=1S/C14H17N5O2/c20-19(21)14-13(15-12-5-1-2-7-18(12)14)17-9-8-16-6-3-4-11(16)10-17/h1-2,5,7,11H,3-4,6,8-10H2/t11-/m1/s1. The Morgan fingerprint density at radius 3 is 3.05 bits per heavy atom. The molecule has 2 aliphatic heterocycles. The van der Waals surface area contributed by atoms with Gasteiger partial charge < -0.3 is 15.0 Å². The van der Waals surface area contributed by atoms with Gasteiger partial charge in [0.2, 0.25) is 11.5 Å². The molecule has 0 amide bonds. The van der Waals surface area contributed by atoms with E-state index >= 15 is 0 Å². The SMILES string of the molecule is O=[N+]([O-])c1c(N2CCN3CCC[C@@H]3C2)nc2ccccn12. The van der Waals surface area contributed by atoms with Crippen LogP contribution in [0.3, 0.4) is 0 Å². The summed E-state index contributed by atoms with van der Waals surface area (Å²) in [7, 11) is 0. The van der Waals surface area contributed by atoms with Crippen molar-refractivity contribution in [3.05, 3.63) is 34.5 Å². The van der Waals surface area contributed by atoms with Crippen LogP contribution in [-0.4, -0.2) is 51.4 Å². The van der Waals surface area contributed by atoms with Crippen molar-refractivity contribution in [3.63, 3.8) is 0 Å². The highest BCUT2D eigenvalue weighted by Gasteiger charge is 2.35. The molecule has 4 rings (SSSR count). The second kappa shape index (κ2) is 4.70. The van der Waals surface area contributed by atoms with Crippen LogP contribution >= 0.6 is 0 Å². The van der Waals surface area contributed by atoms with E-state index in [4.69, 9.17) is 0 Å². The van der Waals surface area contributed by atoms with Gasteiger partial charge in [-0.1, -0.05) is 6.07 Å². The molecule has 4 heterocycles. The van der Waals surface area contributed by atoms with Gasteiger partial charge in [-0.2, -0.15) is 9.38 Å². The first-order valence-corrected chi connectivity index (χ1v) is 7.34. The quantitative estimate of drug-likeness (QED) is 0.619. The summed E-state index contributed by atoms with van der Waals surface area (Å²) < 4.78 is 1.57. The Morgan fingerprint density at radius 2 is 2.19 bits per heavy atom. The molecule has 0 spiro atoms. The van der Waals surface area contributed by atoms with Crippen molar-refractivity contribution in [2.24, 2.45) is 0 Å². The highest BCUT2D eigenvalue weighted by atomic mass is 16.6. The van der Waals surface area contributed by atoms with Crippen molar-refractivity contribution < 1.29 is 4.92 Å². The van der Waals surface area contributed by atoms with Crippen LogP contribution in [0.2, 0.25) is 0 Å². The van der Waals surface area contributed by atoms with E-state index in [-0.39, 0.29) is 10.7 Å². The van der Waals surface area contributed by atoms with Gasteiger partial charge >= 0.3 is 5.82 Å². The maximum absolute atomic E-state index is 11.5. The number of anilines is 1. The number of hydrogen-bond donors (Lipinski definition) is 0. The molecule has 21 heavy (non-hydrogen) atoms. The average molecular weight is 287 g/mol. The first kappa shape index (κ1) is 12.6. The lowest BCUT2D eigenvalue weighted by Crippen LogP contribution is -2.50. The minimum Gasteiger partial charge on any atom is -0.358 e. The Bertz CT molecular complexity index is 698. The van der Waals surface area contributed by atoms with E-state index in [2.05, 4.69) is 14.8 Å². The number of nitro groups is 1. The smallest absolute Gasteiger partial charge is 0.358 e. The maximum atomic E-state index is 11.5. The van der Waals surface area contributed by atoms with E-state index in [1.165, 1.54) is 12.8 Å². The van der Waals surface area contributed by atoms with Gasteiger partial charge in [-0.15, -0.1) is 0 Å². The summed E-state index contributed by atoms with van der Waals surface area (Å²) in [6.07, 6.45) is 4.11. The average Bonchev–Trinajstić information content (AvgIpc) is 3.10. The molecule has 110 valence electrons. The van der Waals surface area contributed by atoms with Gasteiger partial charge in [-0.05, 0) is 30.4 Å². The molecular weight excluding hydrogens is 270 g/mol. The van der Waals surface area contributed by atoms with Gasteiger partial charge in [0, 0.05) is 31.7 Å². The molecule has 2 saturated heterocycles. The highest BCUT2D eigenvalue weighted by Crippen LogP contribution is 2.32. The molecule has 2 fully saturated rings. The van der Waals surface area contributed by atoms with Crippen LogP contribution in [0.15, 0.2) is 24.4 Å². The second-order valence-electron chi connectivity index (χ2n) is 5.72. The van der Waals surface area contributed by atoms with E-state index in [1.54, 1.807) is 16.7 Å². The maximum Gasteiger partial charge on any atom is 0.372 e. The third-order valence-corrected chi connectivity index (χ3v) is 4.55. The molecular formula is C14H17N5O2. The van der Waals surface area contributed by atoms with Crippen molar-refractivity contribution in [2.75, 3.05) is 31.1 Å². The zero-order chi connectivity index (χ0) is 14.4. The summed E-state index contributed by atoms with van der Waals surface area (Å²) in [6.45, 7) is 3.77. The molecule has 2 aromatic rings. The topological polar surface area (TPSA) is 66.9 Å². The fourth-order valence-corrected chi connectivity index (χ4v) is 3.54. The summed E-state index contributed by atoms with van der Waals surface area (Å²) >= 11 is 0. The fraction of sp³-hybridized carbons (Fsp3) is 0.500. The van der Waals surface area contributed by atoms with Gasteiger partial charge in [0.25, 0.3) is 0 Å². The monoisotopic (exact) mass is 287 g/mol. The third kappa shape index (κ3) is 1.96. The number of aromatic nitrogens is 2. The minimum absolute atomic E-state index is 0.0806. The zero-order valence-electron chi connectivity index (χ0n) is 11.7. The lowest BCUT2D eigenvalue weighted by molar-refractivity contribution is -0.389. The number of piperazine rings is 1. The lowest BCUT2D eigenvalue weighted by Gasteiger charge is -2.37. The summed E-state index contributed by atoms with van der Waals surface area (Å²) in [4.78, 5) is 20.2. The number of fused-ring (bicyclic) bond motifs is 2. The fourth-order valence-electron chi connectivity index (χ4n) is 3.54. The van der Waals surface area contributed by atoms with Gasteiger partial charge in [-0.25, -0.2) is 0 Å². The number of pyridine rings is 1. The molecule has 0 saturated carbocycles. The molecule has 0 N–H and O–H groups in total. The van der Waals surface area contributed by atoms with Crippen LogP contribution in [0.25, 0.3) is 5.65 Å². The van der Waals surface area contributed by atoms with E-state index in [0.717, 1.165) is 26.2 Å². The predicted molar refractivity (Wildman–Crippen MR) is 78.7 cm³/mol. The van der Waals surface area contributed by atoms with Crippen LogP contribution in [0.5, 0.6) is 0 Å². The van der Waals surface area contributed by atoms with Gasteiger partial charge in [0.15, 0.2) is 0 Å². The van der Waals surface area contributed by atoms with Crippen LogP contribution < -0.4 is 4.90 Å². The number of rotatable bonds is 2. The third-order valence-electron chi connectivity index (χ3n) is 4.55. The van der Waals surface area contributed by atoms with Crippen LogP contribution in [-0.2, 0) is 0 Å². The van der Waals surface area contributed by atoms with Gasteiger partial charge in [-0.3, -0.25) is 4.90 Å². The largest absolute Gasteiger partial charge is 0.372 e. The summed E-state index contributed by atoms with van der Waals surface area (Å²) in [5, 5.41) is 11.5. The molecule has 0 bridgehead atoms. The van der Waals surface area contributed by atoms with Crippen LogP contribution in [0, 0.1) is 10.1 Å². The second-order valence-corrected chi connectivity index (χ2v) is 5.72. The predicted octanol–water partition coefficient (Wildman–Crippen LogP) is 1.53. The first-order valence-electron chi connectivity index (χ1n) is 7.34. The molecule has 1 atom stereocenters.